The van der Waals surface area contributed by atoms with Gasteiger partial charge in [0.25, 0.3) is 0 Å². The molecule has 1 heterocycles. The standard InChI is InChI=1S/C21H25NO4/c1-16(17-8-10-19(25-2)11-9-17)22-14-12-21(13-15-23,26-20(22)24)18-6-4-3-5-7-18/h3-11,16,23H,12-15H2,1-2H3. The molecule has 1 fully saturated rings. The SMILES string of the molecule is COc1ccc(C(C)N2CCC(CCO)(c3ccccc3)OC2=O)cc1. The van der Waals surface area contributed by atoms with Crippen LogP contribution < -0.4 is 4.74 Å². The number of methoxy groups -OCH3 is 1. The van der Waals surface area contributed by atoms with Crippen LogP contribution in [-0.4, -0.2) is 36.4 Å². The molecule has 2 aromatic rings. The van der Waals surface area contributed by atoms with Crippen LogP contribution in [0.25, 0.3) is 0 Å². The third-order valence-electron chi connectivity index (χ3n) is 5.15. The summed E-state index contributed by atoms with van der Waals surface area (Å²) in [6, 6.07) is 17.3. The van der Waals surface area contributed by atoms with Gasteiger partial charge in [0.2, 0.25) is 0 Å². The maximum atomic E-state index is 12.8. The Kier molecular flexibility index (Phi) is 5.47. The molecule has 5 nitrogen and oxygen atoms in total. The Hall–Kier alpha value is -2.53. The van der Waals surface area contributed by atoms with Gasteiger partial charge in [-0.05, 0) is 30.2 Å². The number of aliphatic hydroxyl groups excluding tert-OH is 1. The van der Waals surface area contributed by atoms with Gasteiger partial charge in [-0.1, -0.05) is 42.5 Å². The van der Waals surface area contributed by atoms with Gasteiger partial charge >= 0.3 is 6.09 Å². The first-order chi connectivity index (χ1) is 12.6. The van der Waals surface area contributed by atoms with E-state index in [4.69, 9.17) is 9.47 Å². The number of aliphatic hydroxyl groups is 1. The summed E-state index contributed by atoms with van der Waals surface area (Å²) in [4.78, 5) is 14.5. The van der Waals surface area contributed by atoms with E-state index in [2.05, 4.69) is 0 Å². The molecule has 3 rings (SSSR count). The summed E-state index contributed by atoms with van der Waals surface area (Å²) in [5.41, 5.74) is 1.19. The van der Waals surface area contributed by atoms with Gasteiger partial charge in [-0.25, -0.2) is 4.79 Å². The van der Waals surface area contributed by atoms with Crippen LogP contribution in [0.15, 0.2) is 54.6 Å². The van der Waals surface area contributed by atoms with Gasteiger partial charge in [0.1, 0.15) is 11.4 Å². The lowest BCUT2D eigenvalue weighted by molar-refractivity contribution is -0.0718. The van der Waals surface area contributed by atoms with Crippen LogP contribution in [0.1, 0.15) is 36.9 Å². The molecule has 5 heteroatoms. The zero-order chi connectivity index (χ0) is 18.6. The van der Waals surface area contributed by atoms with Gasteiger partial charge in [-0.3, -0.25) is 0 Å². The highest BCUT2D eigenvalue weighted by atomic mass is 16.6. The molecule has 2 atom stereocenters. The molecule has 1 amide bonds. The largest absolute Gasteiger partial charge is 0.497 e. The Labute approximate surface area is 154 Å². The maximum Gasteiger partial charge on any atom is 0.411 e. The number of hydrogen-bond acceptors (Lipinski definition) is 4. The van der Waals surface area contributed by atoms with Gasteiger partial charge in [0.05, 0.1) is 13.2 Å². The van der Waals surface area contributed by atoms with E-state index in [0.29, 0.717) is 19.4 Å². The van der Waals surface area contributed by atoms with E-state index in [-0.39, 0.29) is 18.7 Å². The smallest absolute Gasteiger partial charge is 0.411 e. The third kappa shape index (κ3) is 3.53. The molecule has 0 saturated carbocycles. The molecule has 26 heavy (non-hydrogen) atoms. The van der Waals surface area contributed by atoms with E-state index in [1.807, 2.05) is 61.5 Å². The molecular weight excluding hydrogens is 330 g/mol. The van der Waals surface area contributed by atoms with Gasteiger partial charge in [-0.15, -0.1) is 0 Å². The Morgan fingerprint density at radius 2 is 1.88 bits per heavy atom. The Morgan fingerprint density at radius 3 is 2.46 bits per heavy atom. The molecule has 1 saturated heterocycles. The van der Waals surface area contributed by atoms with Crippen molar-refractivity contribution in [2.45, 2.75) is 31.4 Å². The van der Waals surface area contributed by atoms with E-state index in [1.165, 1.54) is 0 Å². The van der Waals surface area contributed by atoms with Crippen molar-refractivity contribution in [2.24, 2.45) is 0 Å². The number of benzene rings is 2. The molecule has 138 valence electrons. The Balaban J connectivity index is 1.79. The number of nitrogens with zero attached hydrogens (tertiary/aromatic N) is 1. The van der Waals surface area contributed by atoms with Gasteiger partial charge < -0.3 is 19.5 Å². The Morgan fingerprint density at radius 1 is 1.19 bits per heavy atom. The topological polar surface area (TPSA) is 59.0 Å². The first-order valence-corrected chi connectivity index (χ1v) is 8.89. The molecule has 0 aromatic heterocycles. The van der Waals surface area contributed by atoms with Crippen LogP contribution in [0.2, 0.25) is 0 Å². The van der Waals surface area contributed by atoms with Crippen molar-refractivity contribution >= 4 is 6.09 Å². The molecule has 1 aliphatic rings. The van der Waals surface area contributed by atoms with Crippen LogP contribution in [0.5, 0.6) is 5.75 Å². The predicted molar refractivity (Wildman–Crippen MR) is 99.0 cm³/mol. The number of rotatable bonds is 6. The summed E-state index contributed by atoms with van der Waals surface area (Å²) in [6.45, 7) is 2.53. The van der Waals surface area contributed by atoms with Crippen molar-refractivity contribution in [3.8, 4) is 5.75 Å². The highest BCUT2D eigenvalue weighted by molar-refractivity contribution is 5.70. The fraction of sp³-hybridized carbons (Fsp3) is 0.381. The molecule has 2 unspecified atom stereocenters. The predicted octanol–water partition coefficient (Wildman–Crippen LogP) is 3.88. The van der Waals surface area contributed by atoms with Crippen molar-refractivity contribution in [1.29, 1.82) is 0 Å². The normalized spacial score (nSPS) is 21.2. The minimum Gasteiger partial charge on any atom is -0.497 e. The average molecular weight is 355 g/mol. The second kappa shape index (κ2) is 7.79. The summed E-state index contributed by atoms with van der Waals surface area (Å²) in [7, 11) is 1.63. The molecular formula is C21H25NO4. The number of amides is 1. The van der Waals surface area contributed by atoms with Crippen LogP contribution in [0.4, 0.5) is 4.79 Å². The van der Waals surface area contributed by atoms with Crippen LogP contribution in [-0.2, 0) is 10.3 Å². The van der Waals surface area contributed by atoms with Crippen molar-refractivity contribution in [2.75, 3.05) is 20.3 Å². The third-order valence-corrected chi connectivity index (χ3v) is 5.15. The molecule has 0 spiro atoms. The Bertz CT molecular complexity index is 731. The monoisotopic (exact) mass is 355 g/mol. The van der Waals surface area contributed by atoms with Crippen LogP contribution >= 0.6 is 0 Å². The van der Waals surface area contributed by atoms with E-state index < -0.39 is 5.60 Å². The van der Waals surface area contributed by atoms with Crippen molar-refractivity contribution in [3.63, 3.8) is 0 Å². The fourth-order valence-electron chi connectivity index (χ4n) is 3.53. The van der Waals surface area contributed by atoms with Crippen LogP contribution in [0, 0.1) is 0 Å². The lowest BCUT2D eigenvalue weighted by Crippen LogP contribution is -2.49. The number of hydrogen-bond donors (Lipinski definition) is 1. The minimum absolute atomic E-state index is 0.0315. The molecule has 0 bridgehead atoms. The lowest BCUT2D eigenvalue weighted by atomic mass is 9.85. The van der Waals surface area contributed by atoms with Gasteiger partial charge in [0, 0.05) is 26.0 Å². The van der Waals surface area contributed by atoms with E-state index in [9.17, 15) is 9.90 Å². The highest BCUT2D eigenvalue weighted by Gasteiger charge is 2.43. The van der Waals surface area contributed by atoms with Gasteiger partial charge in [-0.2, -0.15) is 0 Å². The van der Waals surface area contributed by atoms with E-state index in [1.54, 1.807) is 12.0 Å². The van der Waals surface area contributed by atoms with E-state index >= 15 is 0 Å². The number of carbonyl (C=O) groups excluding carboxylic acids is 1. The molecule has 1 N–H and O–H groups in total. The summed E-state index contributed by atoms with van der Waals surface area (Å²) >= 11 is 0. The van der Waals surface area contributed by atoms with E-state index in [0.717, 1.165) is 16.9 Å². The zero-order valence-electron chi connectivity index (χ0n) is 15.2. The van der Waals surface area contributed by atoms with Crippen molar-refractivity contribution in [3.05, 3.63) is 65.7 Å². The number of carbonyl (C=O) groups is 1. The summed E-state index contributed by atoms with van der Waals surface area (Å²) in [5, 5.41) is 9.52. The van der Waals surface area contributed by atoms with Crippen molar-refractivity contribution in [1.82, 2.24) is 4.90 Å². The summed E-state index contributed by atoms with van der Waals surface area (Å²) in [5.74, 6) is 0.785. The molecule has 2 aromatic carbocycles. The zero-order valence-corrected chi connectivity index (χ0v) is 15.2. The minimum atomic E-state index is -0.761. The molecule has 0 radical (unpaired) electrons. The second-order valence-corrected chi connectivity index (χ2v) is 6.59. The average Bonchev–Trinajstić information content (AvgIpc) is 2.68. The molecule has 1 aliphatic heterocycles. The van der Waals surface area contributed by atoms with Gasteiger partial charge in [0.15, 0.2) is 0 Å². The second-order valence-electron chi connectivity index (χ2n) is 6.59. The highest BCUT2D eigenvalue weighted by Crippen LogP contribution is 2.39. The molecule has 0 aliphatic carbocycles. The number of cyclic esters (lactones) is 1. The first kappa shape index (κ1) is 18.3. The lowest BCUT2D eigenvalue weighted by Gasteiger charge is -2.43. The maximum absolute atomic E-state index is 12.8. The number of ether oxygens (including phenoxy) is 2. The first-order valence-electron chi connectivity index (χ1n) is 8.89. The van der Waals surface area contributed by atoms with Crippen molar-refractivity contribution < 1.29 is 19.4 Å². The quantitative estimate of drug-likeness (QED) is 0.854. The summed E-state index contributed by atoms with van der Waals surface area (Å²) in [6.07, 6.45) is 0.689. The fourth-order valence-corrected chi connectivity index (χ4v) is 3.53. The van der Waals surface area contributed by atoms with Crippen LogP contribution in [0.3, 0.4) is 0 Å². The summed E-state index contributed by atoms with van der Waals surface area (Å²) < 4.78 is 11.1.